The summed E-state index contributed by atoms with van der Waals surface area (Å²) < 4.78 is 6.37. The van der Waals surface area contributed by atoms with Crippen LogP contribution >= 0.6 is 15.9 Å². The molecule has 0 unspecified atom stereocenters. The minimum Gasteiger partial charge on any atom is -0.484 e. The maximum absolute atomic E-state index is 11.3. The van der Waals surface area contributed by atoms with Crippen LogP contribution in [0.5, 0.6) is 5.75 Å². The molecule has 3 N–H and O–H groups in total. The van der Waals surface area contributed by atoms with Crippen molar-refractivity contribution in [3.63, 3.8) is 0 Å². The predicted octanol–water partition coefficient (Wildman–Crippen LogP) is 3.02. The van der Waals surface area contributed by atoms with Gasteiger partial charge in [0.15, 0.2) is 12.3 Å². The van der Waals surface area contributed by atoms with Gasteiger partial charge >= 0.3 is 0 Å². The number of anilines is 1. The number of nitrogens with zero attached hydrogens (tertiary/aromatic N) is 3. The molecule has 0 atom stereocenters. The first-order valence-corrected chi connectivity index (χ1v) is 10.8. The molecule has 4 rings (SSSR count). The number of ether oxygens (including phenoxy) is 1. The van der Waals surface area contributed by atoms with Crippen molar-refractivity contribution in [1.82, 2.24) is 25.2 Å². The van der Waals surface area contributed by atoms with E-state index in [9.17, 15) is 4.79 Å². The summed E-state index contributed by atoms with van der Waals surface area (Å²) in [5.74, 6) is 1.20. The van der Waals surface area contributed by atoms with E-state index < -0.39 is 0 Å². The fourth-order valence-electron chi connectivity index (χ4n) is 3.49. The number of nitrogens with one attached hydrogen (secondary N) is 3. The molecule has 0 radical (unpaired) electrons. The monoisotopic (exact) mass is 472 g/mol. The number of likely N-dealkylation sites (N-methyl/N-ethyl adjacent to an activating group) is 1. The van der Waals surface area contributed by atoms with E-state index in [4.69, 9.17) is 9.72 Å². The number of aromatic amines is 1. The van der Waals surface area contributed by atoms with Gasteiger partial charge in [0.2, 0.25) is 0 Å². The lowest BCUT2D eigenvalue weighted by Gasteiger charge is -2.30. The Morgan fingerprint density at radius 3 is 2.73 bits per heavy atom. The summed E-state index contributed by atoms with van der Waals surface area (Å²) >= 11 is 3.63. The van der Waals surface area contributed by atoms with Crippen LogP contribution in [0.4, 0.5) is 5.69 Å². The van der Waals surface area contributed by atoms with Crippen LogP contribution in [0.15, 0.2) is 34.9 Å². The van der Waals surface area contributed by atoms with Gasteiger partial charge in [0.05, 0.1) is 10.2 Å². The van der Waals surface area contributed by atoms with E-state index in [0.717, 1.165) is 58.6 Å². The number of aromatic nitrogens is 3. The van der Waals surface area contributed by atoms with Gasteiger partial charge < -0.3 is 25.3 Å². The Morgan fingerprint density at radius 2 is 2.03 bits per heavy atom. The minimum absolute atomic E-state index is 0.00951. The second kappa shape index (κ2) is 9.01. The maximum Gasteiger partial charge on any atom is 0.257 e. The maximum atomic E-state index is 11.3. The lowest BCUT2D eigenvalue weighted by molar-refractivity contribution is -0.122. The molecule has 0 spiro atoms. The zero-order valence-electron chi connectivity index (χ0n) is 17.0. The first kappa shape index (κ1) is 20.6. The summed E-state index contributed by atoms with van der Waals surface area (Å²) in [7, 11) is 3.74. The molecular weight excluding hydrogens is 448 g/mol. The number of fused-ring (bicyclic) bond motifs is 1. The van der Waals surface area contributed by atoms with E-state index in [2.05, 4.69) is 48.5 Å². The fourth-order valence-corrected chi connectivity index (χ4v) is 3.90. The number of imidazole rings is 1. The lowest BCUT2D eigenvalue weighted by atomic mass is 10.1. The van der Waals surface area contributed by atoms with Gasteiger partial charge in [-0.2, -0.15) is 0 Å². The number of likely N-dealkylation sites (tertiary alicyclic amines) is 1. The standard InChI is InChI=1S/C21H25BrN6O2/c1-23-17(29)12-30-15-5-3-13(4-6-15)20-26-19-18(16(22)11-24-21(19)27-20)25-14-7-9-28(2)10-8-14/h3-6,11,14H,7-10,12H2,1-2H3,(H,23,29)(H2,24,25,26,27). The van der Waals surface area contributed by atoms with E-state index in [0.29, 0.717) is 11.8 Å². The Morgan fingerprint density at radius 1 is 1.30 bits per heavy atom. The summed E-state index contributed by atoms with van der Waals surface area (Å²) in [5.41, 5.74) is 3.45. The van der Waals surface area contributed by atoms with Crippen LogP contribution in [-0.2, 0) is 4.79 Å². The highest BCUT2D eigenvalue weighted by Gasteiger charge is 2.20. The van der Waals surface area contributed by atoms with Crippen molar-refractivity contribution in [2.45, 2.75) is 18.9 Å². The Labute approximate surface area is 183 Å². The number of carbonyl (C=O) groups is 1. The van der Waals surface area contributed by atoms with E-state index in [1.54, 1.807) is 13.2 Å². The van der Waals surface area contributed by atoms with Crippen molar-refractivity contribution in [2.24, 2.45) is 0 Å². The summed E-state index contributed by atoms with van der Waals surface area (Å²) in [4.78, 5) is 26.3. The van der Waals surface area contributed by atoms with Gasteiger partial charge in [-0.15, -0.1) is 0 Å². The minimum atomic E-state index is -0.169. The molecule has 158 valence electrons. The molecule has 9 heteroatoms. The van der Waals surface area contributed by atoms with E-state index in [-0.39, 0.29) is 12.5 Å². The number of benzene rings is 1. The van der Waals surface area contributed by atoms with Crippen LogP contribution in [0.3, 0.4) is 0 Å². The molecule has 1 fully saturated rings. The highest BCUT2D eigenvalue weighted by molar-refractivity contribution is 9.10. The number of hydrogen-bond acceptors (Lipinski definition) is 6. The van der Waals surface area contributed by atoms with Crippen LogP contribution in [0.2, 0.25) is 0 Å². The van der Waals surface area contributed by atoms with Crippen molar-refractivity contribution in [2.75, 3.05) is 39.1 Å². The summed E-state index contributed by atoms with van der Waals surface area (Å²) in [5, 5.41) is 6.20. The zero-order valence-corrected chi connectivity index (χ0v) is 18.6. The fraction of sp³-hybridized carbons (Fsp3) is 0.381. The van der Waals surface area contributed by atoms with Crippen LogP contribution in [0, 0.1) is 0 Å². The van der Waals surface area contributed by atoms with Crippen LogP contribution in [0.25, 0.3) is 22.6 Å². The Kier molecular flexibility index (Phi) is 6.19. The van der Waals surface area contributed by atoms with Crippen molar-refractivity contribution < 1.29 is 9.53 Å². The summed E-state index contributed by atoms with van der Waals surface area (Å²) in [6.45, 7) is 2.16. The van der Waals surface area contributed by atoms with Gasteiger partial charge in [0.1, 0.15) is 17.1 Å². The van der Waals surface area contributed by atoms with Gasteiger partial charge in [0, 0.05) is 24.8 Å². The lowest BCUT2D eigenvalue weighted by Crippen LogP contribution is -2.36. The average Bonchev–Trinajstić information content (AvgIpc) is 3.20. The average molecular weight is 473 g/mol. The molecule has 30 heavy (non-hydrogen) atoms. The molecule has 2 aromatic heterocycles. The number of halogens is 1. The second-order valence-corrected chi connectivity index (χ2v) is 8.33. The number of hydrogen-bond donors (Lipinski definition) is 3. The quantitative estimate of drug-likeness (QED) is 0.510. The highest BCUT2D eigenvalue weighted by atomic mass is 79.9. The predicted molar refractivity (Wildman–Crippen MR) is 121 cm³/mol. The zero-order chi connectivity index (χ0) is 21.1. The molecule has 0 aliphatic carbocycles. The van der Waals surface area contributed by atoms with E-state index >= 15 is 0 Å². The number of H-pyrrole nitrogens is 1. The molecule has 8 nitrogen and oxygen atoms in total. The number of rotatable bonds is 6. The van der Waals surface area contributed by atoms with Gasteiger partial charge in [0.25, 0.3) is 5.91 Å². The van der Waals surface area contributed by atoms with Gasteiger partial charge in [-0.25, -0.2) is 9.97 Å². The molecule has 3 aromatic rings. The van der Waals surface area contributed by atoms with Crippen molar-refractivity contribution in [1.29, 1.82) is 0 Å². The topological polar surface area (TPSA) is 95.2 Å². The van der Waals surface area contributed by atoms with Crippen LogP contribution < -0.4 is 15.4 Å². The first-order valence-electron chi connectivity index (χ1n) is 9.96. The molecule has 1 aromatic carbocycles. The number of pyridine rings is 1. The number of carbonyl (C=O) groups excluding carboxylic acids is 1. The van der Waals surface area contributed by atoms with E-state index in [1.165, 1.54) is 0 Å². The van der Waals surface area contributed by atoms with Gasteiger partial charge in [-0.1, -0.05) is 0 Å². The molecule has 0 bridgehead atoms. The third kappa shape index (κ3) is 4.57. The van der Waals surface area contributed by atoms with Gasteiger partial charge in [-0.05, 0) is 73.2 Å². The van der Waals surface area contributed by atoms with Crippen molar-refractivity contribution in [3.8, 4) is 17.1 Å². The molecule has 1 aliphatic heterocycles. The van der Waals surface area contributed by atoms with E-state index in [1.807, 2.05) is 24.3 Å². The largest absolute Gasteiger partial charge is 0.484 e. The smallest absolute Gasteiger partial charge is 0.257 e. The van der Waals surface area contributed by atoms with Crippen LogP contribution in [-0.4, -0.2) is 65.6 Å². The molecule has 1 amide bonds. The molecule has 1 aliphatic rings. The molecule has 3 heterocycles. The second-order valence-electron chi connectivity index (χ2n) is 7.47. The van der Waals surface area contributed by atoms with Crippen molar-refractivity contribution in [3.05, 3.63) is 34.9 Å². The molecule has 0 saturated carbocycles. The number of piperidine rings is 1. The normalized spacial score (nSPS) is 15.3. The summed E-state index contributed by atoms with van der Waals surface area (Å²) in [6, 6.07) is 7.89. The molecular formula is C21H25BrN6O2. The summed E-state index contributed by atoms with van der Waals surface area (Å²) in [6.07, 6.45) is 4.00. The van der Waals surface area contributed by atoms with Gasteiger partial charge in [-0.3, -0.25) is 4.79 Å². The third-order valence-electron chi connectivity index (χ3n) is 5.31. The number of amides is 1. The van der Waals surface area contributed by atoms with Crippen molar-refractivity contribution >= 4 is 38.7 Å². The first-order chi connectivity index (χ1) is 14.5. The Balaban J connectivity index is 1.55. The highest BCUT2D eigenvalue weighted by Crippen LogP contribution is 2.32. The SMILES string of the molecule is CNC(=O)COc1ccc(-c2nc3c(NC4CCN(C)CC4)c(Br)cnc3[nH]2)cc1. The Bertz CT molecular complexity index is 1030. The van der Waals surface area contributed by atoms with Crippen LogP contribution in [0.1, 0.15) is 12.8 Å². The Hall–Kier alpha value is -2.65. The molecule has 1 saturated heterocycles. The third-order valence-corrected chi connectivity index (χ3v) is 5.91.